The minimum atomic E-state index is 0.604. The molecule has 0 aliphatic heterocycles. The van der Waals surface area contributed by atoms with Crippen LogP contribution in [-0.2, 0) is 0 Å². The molecule has 0 unspecified atom stereocenters. The van der Waals surface area contributed by atoms with Crippen molar-refractivity contribution in [3.63, 3.8) is 0 Å². The van der Waals surface area contributed by atoms with E-state index in [0.717, 1.165) is 0 Å². The van der Waals surface area contributed by atoms with Crippen LogP contribution in [0.1, 0.15) is 32.1 Å². The molecule has 22 heavy (non-hydrogen) atoms. The van der Waals surface area contributed by atoms with Crippen LogP contribution < -0.4 is 10.0 Å². The Morgan fingerprint density at radius 1 is 1.14 bits per heavy atom. The standard InChI is InChI=1S/C18H23N3S/c1-19-22-16-9-10-18(21-15-7-3-2-4-8-15)17(12-16)14-6-5-11-20-13-14/h5-6,9-13,15,19,21H,2-4,7-8H2,1H3. The maximum atomic E-state index is 4.27. The van der Waals surface area contributed by atoms with Crippen molar-refractivity contribution in [3.8, 4) is 11.1 Å². The van der Waals surface area contributed by atoms with Crippen LogP contribution in [0.25, 0.3) is 11.1 Å². The molecule has 116 valence electrons. The van der Waals surface area contributed by atoms with Crippen LogP contribution in [0.15, 0.2) is 47.6 Å². The summed E-state index contributed by atoms with van der Waals surface area (Å²) in [6.45, 7) is 0. The maximum absolute atomic E-state index is 4.27. The number of pyridine rings is 1. The molecule has 3 nitrogen and oxygen atoms in total. The molecule has 0 radical (unpaired) electrons. The Kier molecular flexibility index (Phi) is 5.35. The van der Waals surface area contributed by atoms with Crippen molar-refractivity contribution in [1.82, 2.24) is 9.71 Å². The summed E-state index contributed by atoms with van der Waals surface area (Å²) in [6, 6.07) is 11.3. The van der Waals surface area contributed by atoms with Crippen molar-refractivity contribution < 1.29 is 0 Å². The van der Waals surface area contributed by atoms with Crippen LogP contribution >= 0.6 is 11.9 Å². The smallest absolute Gasteiger partial charge is 0.0423 e. The molecule has 2 aromatic rings. The van der Waals surface area contributed by atoms with Gasteiger partial charge in [0.05, 0.1) is 0 Å². The lowest BCUT2D eigenvalue weighted by Gasteiger charge is -2.25. The third kappa shape index (κ3) is 3.81. The number of hydrogen-bond donors (Lipinski definition) is 2. The molecule has 2 N–H and O–H groups in total. The van der Waals surface area contributed by atoms with Crippen LogP contribution in [-0.4, -0.2) is 18.1 Å². The molecule has 1 aliphatic carbocycles. The second-order valence-electron chi connectivity index (χ2n) is 5.73. The van der Waals surface area contributed by atoms with E-state index >= 15 is 0 Å². The van der Waals surface area contributed by atoms with E-state index in [1.807, 2.05) is 25.5 Å². The molecule has 1 aliphatic rings. The van der Waals surface area contributed by atoms with Gasteiger partial charge in [0, 0.05) is 40.1 Å². The Hall–Kier alpha value is -1.52. The number of rotatable bonds is 5. The summed E-state index contributed by atoms with van der Waals surface area (Å²) in [4.78, 5) is 5.49. The minimum Gasteiger partial charge on any atom is -0.382 e. The maximum Gasteiger partial charge on any atom is 0.0423 e. The van der Waals surface area contributed by atoms with Gasteiger partial charge >= 0.3 is 0 Å². The van der Waals surface area contributed by atoms with Crippen LogP contribution in [0.4, 0.5) is 5.69 Å². The molecular formula is C18H23N3S. The van der Waals surface area contributed by atoms with Crippen molar-refractivity contribution in [2.24, 2.45) is 0 Å². The molecule has 1 saturated carbocycles. The van der Waals surface area contributed by atoms with Gasteiger partial charge in [-0.2, -0.15) is 0 Å². The fraction of sp³-hybridized carbons (Fsp3) is 0.389. The molecular weight excluding hydrogens is 290 g/mol. The molecule has 4 heteroatoms. The summed E-state index contributed by atoms with van der Waals surface area (Å²) < 4.78 is 3.14. The monoisotopic (exact) mass is 313 g/mol. The van der Waals surface area contributed by atoms with Gasteiger partial charge in [-0.05, 0) is 56.1 Å². The van der Waals surface area contributed by atoms with Crippen molar-refractivity contribution >= 4 is 17.6 Å². The van der Waals surface area contributed by atoms with E-state index < -0.39 is 0 Å². The lowest BCUT2D eigenvalue weighted by atomic mass is 9.94. The normalized spacial score (nSPS) is 15.7. The zero-order chi connectivity index (χ0) is 15.2. The largest absolute Gasteiger partial charge is 0.382 e. The van der Waals surface area contributed by atoms with Gasteiger partial charge in [-0.25, -0.2) is 0 Å². The zero-order valence-electron chi connectivity index (χ0n) is 13.0. The Bertz CT molecular complexity index is 595. The van der Waals surface area contributed by atoms with E-state index in [2.05, 4.69) is 39.3 Å². The van der Waals surface area contributed by atoms with Gasteiger partial charge in [0.25, 0.3) is 0 Å². The quantitative estimate of drug-likeness (QED) is 0.783. The molecule has 1 fully saturated rings. The highest BCUT2D eigenvalue weighted by atomic mass is 32.2. The van der Waals surface area contributed by atoms with Gasteiger partial charge in [-0.3, -0.25) is 9.71 Å². The van der Waals surface area contributed by atoms with Crippen molar-refractivity contribution in [1.29, 1.82) is 0 Å². The summed E-state index contributed by atoms with van der Waals surface area (Å²) in [5.41, 5.74) is 3.62. The molecule has 1 aromatic carbocycles. The van der Waals surface area contributed by atoms with Crippen LogP contribution in [0.2, 0.25) is 0 Å². The minimum absolute atomic E-state index is 0.604. The third-order valence-electron chi connectivity index (χ3n) is 4.15. The Labute approximate surface area is 137 Å². The van der Waals surface area contributed by atoms with Crippen molar-refractivity contribution in [2.75, 3.05) is 12.4 Å². The number of benzene rings is 1. The zero-order valence-corrected chi connectivity index (χ0v) is 13.8. The highest BCUT2D eigenvalue weighted by molar-refractivity contribution is 7.97. The van der Waals surface area contributed by atoms with Gasteiger partial charge in [0.15, 0.2) is 0 Å². The Balaban J connectivity index is 1.90. The lowest BCUT2D eigenvalue weighted by molar-refractivity contribution is 0.463. The highest BCUT2D eigenvalue weighted by Crippen LogP contribution is 2.33. The summed E-state index contributed by atoms with van der Waals surface area (Å²) in [5, 5.41) is 3.76. The molecule has 3 rings (SSSR count). The second-order valence-corrected chi connectivity index (χ2v) is 6.82. The van der Waals surface area contributed by atoms with E-state index in [4.69, 9.17) is 0 Å². The first-order valence-corrected chi connectivity index (χ1v) is 8.83. The first kappa shape index (κ1) is 15.4. The van der Waals surface area contributed by atoms with E-state index in [1.54, 1.807) is 11.9 Å². The van der Waals surface area contributed by atoms with Gasteiger partial charge in [-0.15, -0.1) is 0 Å². The SMILES string of the molecule is CNSc1ccc(NC2CCCCC2)c(-c2cccnc2)c1. The Morgan fingerprint density at radius 3 is 2.73 bits per heavy atom. The lowest BCUT2D eigenvalue weighted by Crippen LogP contribution is -2.22. The fourth-order valence-corrected chi connectivity index (χ4v) is 3.61. The molecule has 0 bridgehead atoms. The van der Waals surface area contributed by atoms with Crippen LogP contribution in [0.3, 0.4) is 0 Å². The van der Waals surface area contributed by atoms with Gasteiger partial charge < -0.3 is 5.32 Å². The third-order valence-corrected chi connectivity index (χ3v) is 4.84. The predicted molar refractivity (Wildman–Crippen MR) is 95.1 cm³/mol. The molecule has 0 amide bonds. The number of hydrogen-bond acceptors (Lipinski definition) is 4. The van der Waals surface area contributed by atoms with Gasteiger partial charge in [0.2, 0.25) is 0 Å². The van der Waals surface area contributed by atoms with Gasteiger partial charge in [-0.1, -0.05) is 25.3 Å². The number of aromatic nitrogens is 1. The van der Waals surface area contributed by atoms with Crippen LogP contribution in [0.5, 0.6) is 0 Å². The van der Waals surface area contributed by atoms with Crippen molar-refractivity contribution in [3.05, 3.63) is 42.7 Å². The fourth-order valence-electron chi connectivity index (χ4n) is 3.06. The number of nitrogens with one attached hydrogen (secondary N) is 2. The average molecular weight is 313 g/mol. The molecule has 1 aromatic heterocycles. The molecule has 0 atom stereocenters. The highest BCUT2D eigenvalue weighted by Gasteiger charge is 2.15. The summed E-state index contributed by atoms with van der Waals surface area (Å²) in [7, 11) is 1.95. The first-order valence-electron chi connectivity index (χ1n) is 8.01. The summed E-state index contributed by atoms with van der Waals surface area (Å²) >= 11 is 1.64. The summed E-state index contributed by atoms with van der Waals surface area (Å²) in [5.74, 6) is 0. The van der Waals surface area contributed by atoms with Gasteiger partial charge in [0.1, 0.15) is 0 Å². The van der Waals surface area contributed by atoms with E-state index in [1.165, 1.54) is 53.8 Å². The average Bonchev–Trinajstić information content (AvgIpc) is 2.58. The van der Waals surface area contributed by atoms with Crippen LogP contribution in [0, 0.1) is 0 Å². The first-order chi connectivity index (χ1) is 10.9. The molecule has 0 saturated heterocycles. The number of anilines is 1. The van der Waals surface area contributed by atoms with Crippen molar-refractivity contribution in [2.45, 2.75) is 43.0 Å². The van der Waals surface area contributed by atoms with E-state index in [9.17, 15) is 0 Å². The predicted octanol–water partition coefficient (Wildman–Crippen LogP) is 4.72. The van der Waals surface area contributed by atoms with E-state index in [-0.39, 0.29) is 0 Å². The summed E-state index contributed by atoms with van der Waals surface area (Å²) in [6.07, 6.45) is 10.4. The number of nitrogens with zero attached hydrogens (tertiary/aromatic N) is 1. The molecule has 1 heterocycles. The topological polar surface area (TPSA) is 37.0 Å². The molecule has 0 spiro atoms. The van der Waals surface area contributed by atoms with E-state index in [0.29, 0.717) is 6.04 Å². The Morgan fingerprint density at radius 2 is 2.00 bits per heavy atom. The second kappa shape index (κ2) is 7.65.